The molecule has 0 unspecified atom stereocenters. The molecule has 0 saturated heterocycles. The second-order valence-corrected chi connectivity index (χ2v) is 5.16. The molecule has 21 heavy (non-hydrogen) atoms. The number of rotatable bonds is 5. The van der Waals surface area contributed by atoms with Crippen molar-refractivity contribution >= 4 is 28.1 Å². The molecule has 0 fully saturated rings. The van der Waals surface area contributed by atoms with E-state index in [1.54, 1.807) is 30.5 Å². The summed E-state index contributed by atoms with van der Waals surface area (Å²) in [5.74, 6) is -0.357. The summed E-state index contributed by atoms with van der Waals surface area (Å²) in [6.07, 6.45) is 1.60. The molecule has 5 heteroatoms. The van der Waals surface area contributed by atoms with Crippen LogP contribution in [0.2, 0.25) is 0 Å². The van der Waals surface area contributed by atoms with Gasteiger partial charge in [-0.1, -0.05) is 45.4 Å². The van der Waals surface area contributed by atoms with Crippen LogP contribution in [0.25, 0.3) is 0 Å². The Labute approximate surface area is 131 Å². The highest BCUT2D eigenvalue weighted by Crippen LogP contribution is 2.11. The Balaban J connectivity index is 1.86. The fourth-order valence-electron chi connectivity index (χ4n) is 1.61. The number of hydrogen-bond donors (Lipinski definition) is 0. The van der Waals surface area contributed by atoms with Gasteiger partial charge in [-0.25, -0.2) is 4.79 Å². The van der Waals surface area contributed by atoms with E-state index in [1.807, 2.05) is 24.3 Å². The van der Waals surface area contributed by atoms with Crippen LogP contribution < -0.4 is 0 Å². The minimum absolute atomic E-state index is 0.357. The lowest BCUT2D eigenvalue weighted by atomic mass is 10.1. The molecule has 0 aliphatic heterocycles. The Morgan fingerprint density at radius 1 is 1.14 bits per heavy atom. The normalized spacial score (nSPS) is 10.6. The van der Waals surface area contributed by atoms with Crippen molar-refractivity contribution in [2.45, 2.75) is 6.61 Å². The number of oxime groups is 1. The summed E-state index contributed by atoms with van der Waals surface area (Å²) in [7, 11) is 1.35. The van der Waals surface area contributed by atoms with E-state index in [4.69, 9.17) is 4.84 Å². The first kappa shape index (κ1) is 15.3. The van der Waals surface area contributed by atoms with Gasteiger partial charge >= 0.3 is 5.97 Å². The number of halogens is 1. The lowest BCUT2D eigenvalue weighted by molar-refractivity contribution is 0.0601. The van der Waals surface area contributed by atoms with E-state index in [-0.39, 0.29) is 5.97 Å². The fraction of sp³-hybridized carbons (Fsp3) is 0.125. The molecule has 0 radical (unpaired) electrons. The number of benzene rings is 2. The molecule has 0 atom stereocenters. The van der Waals surface area contributed by atoms with Gasteiger partial charge in [-0.3, -0.25) is 0 Å². The number of carbonyl (C=O) groups excluding carboxylic acids is 1. The standard InChI is InChI=1S/C16H14BrNO3/c1-20-16(19)14-6-2-12(3-7-14)10-18-21-11-13-4-8-15(17)9-5-13/h2-10H,11H2,1H3/b18-10-. The van der Waals surface area contributed by atoms with E-state index >= 15 is 0 Å². The monoisotopic (exact) mass is 347 g/mol. The van der Waals surface area contributed by atoms with Crippen LogP contribution in [0.5, 0.6) is 0 Å². The van der Waals surface area contributed by atoms with Crippen LogP contribution in [0.4, 0.5) is 0 Å². The van der Waals surface area contributed by atoms with E-state index in [0.29, 0.717) is 12.2 Å². The number of methoxy groups -OCH3 is 1. The molecule has 2 aromatic carbocycles. The zero-order valence-corrected chi connectivity index (χ0v) is 13.0. The molecule has 0 bridgehead atoms. The van der Waals surface area contributed by atoms with E-state index in [1.165, 1.54) is 7.11 Å². The van der Waals surface area contributed by atoms with Gasteiger partial charge < -0.3 is 9.57 Å². The highest BCUT2D eigenvalue weighted by molar-refractivity contribution is 9.10. The fourth-order valence-corrected chi connectivity index (χ4v) is 1.88. The van der Waals surface area contributed by atoms with Crippen LogP contribution in [0, 0.1) is 0 Å². The maximum Gasteiger partial charge on any atom is 0.337 e. The van der Waals surface area contributed by atoms with Gasteiger partial charge in [-0.05, 0) is 35.4 Å². The van der Waals surface area contributed by atoms with Crippen LogP contribution in [0.3, 0.4) is 0 Å². The summed E-state index contributed by atoms with van der Waals surface area (Å²) in [5, 5.41) is 3.90. The van der Waals surface area contributed by atoms with E-state index in [2.05, 4.69) is 25.8 Å². The molecule has 2 rings (SSSR count). The predicted molar refractivity (Wildman–Crippen MR) is 84.3 cm³/mol. The first-order chi connectivity index (χ1) is 10.2. The Kier molecular flexibility index (Phi) is 5.51. The summed E-state index contributed by atoms with van der Waals surface area (Å²) in [5.41, 5.74) is 2.39. The number of ether oxygens (including phenoxy) is 1. The molecule has 0 heterocycles. The molecule has 0 spiro atoms. The molecular formula is C16H14BrNO3. The minimum atomic E-state index is -0.357. The second-order valence-electron chi connectivity index (χ2n) is 4.25. The zero-order valence-electron chi connectivity index (χ0n) is 11.5. The Morgan fingerprint density at radius 2 is 1.81 bits per heavy atom. The van der Waals surface area contributed by atoms with Crippen molar-refractivity contribution in [1.29, 1.82) is 0 Å². The van der Waals surface area contributed by atoms with Crippen LogP contribution in [-0.2, 0) is 16.2 Å². The second kappa shape index (κ2) is 7.59. The molecule has 0 aliphatic carbocycles. The van der Waals surface area contributed by atoms with E-state index in [0.717, 1.165) is 15.6 Å². The van der Waals surface area contributed by atoms with Crippen LogP contribution in [0.1, 0.15) is 21.5 Å². The van der Waals surface area contributed by atoms with E-state index < -0.39 is 0 Å². The molecular weight excluding hydrogens is 334 g/mol. The van der Waals surface area contributed by atoms with Gasteiger partial charge in [0.1, 0.15) is 6.61 Å². The average Bonchev–Trinajstić information content (AvgIpc) is 2.53. The van der Waals surface area contributed by atoms with Gasteiger partial charge in [0.15, 0.2) is 0 Å². The summed E-state index contributed by atoms with van der Waals surface area (Å²) in [6, 6.07) is 14.7. The molecule has 0 aliphatic rings. The molecule has 0 saturated carbocycles. The number of nitrogens with zero attached hydrogens (tertiary/aromatic N) is 1. The van der Waals surface area contributed by atoms with Crippen molar-refractivity contribution < 1.29 is 14.4 Å². The molecule has 108 valence electrons. The molecule has 0 aromatic heterocycles. The lowest BCUT2D eigenvalue weighted by Gasteiger charge is -2.01. The summed E-state index contributed by atoms with van der Waals surface area (Å²) < 4.78 is 5.66. The quantitative estimate of drug-likeness (QED) is 0.469. The number of hydrogen-bond acceptors (Lipinski definition) is 4. The highest BCUT2D eigenvalue weighted by atomic mass is 79.9. The van der Waals surface area contributed by atoms with Crippen molar-refractivity contribution in [3.63, 3.8) is 0 Å². The van der Waals surface area contributed by atoms with Gasteiger partial charge in [0.2, 0.25) is 0 Å². The first-order valence-electron chi connectivity index (χ1n) is 6.27. The van der Waals surface area contributed by atoms with Crippen molar-refractivity contribution in [1.82, 2.24) is 0 Å². The molecule has 2 aromatic rings. The van der Waals surface area contributed by atoms with Gasteiger partial charge in [-0.15, -0.1) is 0 Å². The third-order valence-corrected chi connectivity index (χ3v) is 3.28. The van der Waals surface area contributed by atoms with Crippen molar-refractivity contribution in [2.75, 3.05) is 7.11 Å². The third kappa shape index (κ3) is 4.72. The van der Waals surface area contributed by atoms with Gasteiger partial charge in [-0.2, -0.15) is 0 Å². The highest BCUT2D eigenvalue weighted by Gasteiger charge is 2.03. The van der Waals surface area contributed by atoms with Crippen molar-refractivity contribution in [3.05, 3.63) is 69.7 Å². The van der Waals surface area contributed by atoms with Gasteiger partial charge in [0.05, 0.1) is 18.9 Å². The number of esters is 1. The first-order valence-corrected chi connectivity index (χ1v) is 7.06. The zero-order chi connectivity index (χ0) is 15.1. The van der Waals surface area contributed by atoms with Crippen molar-refractivity contribution in [3.8, 4) is 0 Å². The topological polar surface area (TPSA) is 47.9 Å². The van der Waals surface area contributed by atoms with Crippen LogP contribution in [0.15, 0.2) is 58.2 Å². The van der Waals surface area contributed by atoms with Gasteiger partial charge in [0.25, 0.3) is 0 Å². The third-order valence-electron chi connectivity index (χ3n) is 2.75. The van der Waals surface area contributed by atoms with Crippen LogP contribution in [-0.4, -0.2) is 19.3 Å². The smallest absolute Gasteiger partial charge is 0.337 e. The Bertz CT molecular complexity index is 621. The maximum atomic E-state index is 11.3. The average molecular weight is 348 g/mol. The Hall–Kier alpha value is -2.14. The van der Waals surface area contributed by atoms with Gasteiger partial charge in [0, 0.05) is 4.47 Å². The molecule has 0 amide bonds. The summed E-state index contributed by atoms with van der Waals surface area (Å²) in [4.78, 5) is 16.5. The van der Waals surface area contributed by atoms with Crippen molar-refractivity contribution in [2.24, 2.45) is 5.16 Å². The molecule has 4 nitrogen and oxygen atoms in total. The minimum Gasteiger partial charge on any atom is -0.465 e. The predicted octanol–water partition coefficient (Wildman–Crippen LogP) is 3.79. The number of carbonyl (C=O) groups is 1. The largest absolute Gasteiger partial charge is 0.465 e. The summed E-state index contributed by atoms with van der Waals surface area (Å²) >= 11 is 3.38. The SMILES string of the molecule is COC(=O)c1ccc(/C=N\OCc2ccc(Br)cc2)cc1. The lowest BCUT2D eigenvalue weighted by Crippen LogP contribution is -2.00. The summed E-state index contributed by atoms with van der Waals surface area (Å²) in [6.45, 7) is 0.407. The van der Waals surface area contributed by atoms with Crippen LogP contribution >= 0.6 is 15.9 Å². The molecule has 0 N–H and O–H groups in total. The van der Waals surface area contributed by atoms with E-state index in [9.17, 15) is 4.79 Å². The Morgan fingerprint density at radius 3 is 2.43 bits per heavy atom. The maximum absolute atomic E-state index is 11.3.